The van der Waals surface area contributed by atoms with Gasteiger partial charge in [0.05, 0.1) is 29.0 Å². The number of pyridine rings is 5. The van der Waals surface area contributed by atoms with Gasteiger partial charge < -0.3 is 5.32 Å². The summed E-state index contributed by atoms with van der Waals surface area (Å²) < 4.78 is 15.3. The van der Waals surface area contributed by atoms with Gasteiger partial charge in [-0.05, 0) is 66.6 Å². The third-order valence-corrected chi connectivity index (χ3v) is 5.30. The first-order valence-corrected chi connectivity index (χ1v) is 10.5. The van der Waals surface area contributed by atoms with Crippen LogP contribution in [0.3, 0.4) is 0 Å². The lowest BCUT2D eigenvalue weighted by Crippen LogP contribution is -2.05. The lowest BCUT2D eigenvalue weighted by Gasteiger charge is -2.11. The van der Waals surface area contributed by atoms with Gasteiger partial charge >= 0.3 is 0 Å². The summed E-state index contributed by atoms with van der Waals surface area (Å²) in [7, 11) is 0. The highest BCUT2D eigenvalue weighted by molar-refractivity contribution is 5.78. The number of nitrogens with zero attached hydrogens (tertiary/aromatic N) is 6. The predicted octanol–water partition coefficient (Wildman–Crippen LogP) is 5.76. The van der Waals surface area contributed by atoms with E-state index in [1.165, 1.54) is 6.20 Å². The fourth-order valence-corrected chi connectivity index (χ4v) is 3.65. The van der Waals surface area contributed by atoms with Gasteiger partial charge in [-0.3, -0.25) is 15.0 Å². The minimum absolute atomic E-state index is 0.101. The second kappa shape index (κ2) is 9.00. The Morgan fingerprint density at radius 2 is 1.82 bits per heavy atom. The molecule has 0 bridgehead atoms. The first-order valence-electron chi connectivity index (χ1n) is 10.5. The van der Waals surface area contributed by atoms with Crippen molar-refractivity contribution in [2.75, 3.05) is 5.32 Å². The van der Waals surface area contributed by atoms with E-state index < -0.39 is 5.82 Å². The molecule has 0 aliphatic heterocycles. The minimum atomic E-state index is -0.500. The van der Waals surface area contributed by atoms with Gasteiger partial charge in [-0.25, -0.2) is 19.2 Å². The molecule has 5 aromatic rings. The number of aryl methyl sites for hydroxylation is 1. The van der Waals surface area contributed by atoms with E-state index in [0.29, 0.717) is 28.2 Å². The van der Waals surface area contributed by atoms with Crippen LogP contribution in [-0.2, 0) is 6.54 Å². The molecule has 0 radical (unpaired) electrons. The Hall–Kier alpha value is -4.77. The lowest BCUT2D eigenvalue weighted by atomic mass is 10.1. The van der Waals surface area contributed by atoms with Crippen LogP contribution in [0, 0.1) is 19.3 Å². The highest BCUT2D eigenvalue weighted by Gasteiger charge is 2.14. The van der Waals surface area contributed by atoms with E-state index in [-0.39, 0.29) is 12.4 Å². The maximum absolute atomic E-state index is 15.3. The summed E-state index contributed by atoms with van der Waals surface area (Å²) in [6.07, 6.45) is 6.59. The second-order valence-corrected chi connectivity index (χ2v) is 7.62. The van der Waals surface area contributed by atoms with Crippen molar-refractivity contribution in [3.8, 4) is 22.5 Å². The van der Waals surface area contributed by atoms with Crippen molar-refractivity contribution in [3.63, 3.8) is 0 Å². The van der Waals surface area contributed by atoms with E-state index in [1.54, 1.807) is 42.9 Å². The molecule has 1 N–H and O–H groups in total. The van der Waals surface area contributed by atoms with Gasteiger partial charge in [0, 0.05) is 42.6 Å². The largest absolute Gasteiger partial charge is 0.364 e. The standard InChI is InChI=1S/C26H18FN7/c1-16-12-18(7-10-29-16)25-23(28-2)13-17(14-32-25)15-33-26-24(27)19(8-11-31-26)20-5-6-21-22(34-20)4-3-9-30-21/h3-14H,15H2,1H3,(H,31,33). The van der Waals surface area contributed by atoms with Crippen LogP contribution in [0.5, 0.6) is 0 Å². The lowest BCUT2D eigenvalue weighted by molar-refractivity contribution is 0.627. The molecule has 0 saturated heterocycles. The first kappa shape index (κ1) is 21.1. The van der Waals surface area contributed by atoms with Crippen LogP contribution >= 0.6 is 0 Å². The van der Waals surface area contributed by atoms with E-state index in [9.17, 15) is 0 Å². The molecule has 0 atom stereocenters. The average Bonchev–Trinajstić information content (AvgIpc) is 2.87. The van der Waals surface area contributed by atoms with E-state index >= 15 is 4.39 Å². The molecule has 5 aromatic heterocycles. The van der Waals surface area contributed by atoms with Gasteiger partial charge in [0.25, 0.3) is 0 Å². The monoisotopic (exact) mass is 447 g/mol. The molecule has 0 unspecified atom stereocenters. The summed E-state index contributed by atoms with van der Waals surface area (Å²) in [6, 6.07) is 14.2. The number of rotatable bonds is 5. The molecule has 0 aromatic carbocycles. The molecule has 5 heterocycles. The molecular weight excluding hydrogens is 429 g/mol. The van der Waals surface area contributed by atoms with Crippen LogP contribution in [0.2, 0.25) is 0 Å². The van der Waals surface area contributed by atoms with Gasteiger partial charge in [-0.15, -0.1) is 0 Å². The van der Waals surface area contributed by atoms with Crippen LogP contribution in [0.25, 0.3) is 38.4 Å². The zero-order chi connectivity index (χ0) is 23.5. The van der Waals surface area contributed by atoms with Gasteiger partial charge in [0.2, 0.25) is 5.69 Å². The fraction of sp³-hybridized carbons (Fsp3) is 0.0769. The topological polar surface area (TPSA) is 80.8 Å². The molecule has 34 heavy (non-hydrogen) atoms. The summed E-state index contributed by atoms with van der Waals surface area (Å²) in [5.41, 5.74) is 5.69. The molecule has 0 amide bonds. The van der Waals surface area contributed by atoms with Crippen molar-refractivity contribution in [1.82, 2.24) is 24.9 Å². The Morgan fingerprint density at radius 3 is 2.68 bits per heavy atom. The van der Waals surface area contributed by atoms with E-state index in [4.69, 9.17) is 6.57 Å². The Kier molecular flexibility index (Phi) is 5.58. The maximum Gasteiger partial charge on any atom is 0.213 e. The highest BCUT2D eigenvalue weighted by Crippen LogP contribution is 2.30. The van der Waals surface area contributed by atoms with E-state index in [2.05, 4.69) is 35.1 Å². The zero-order valence-electron chi connectivity index (χ0n) is 18.2. The van der Waals surface area contributed by atoms with Gasteiger partial charge in [0.1, 0.15) is 0 Å². The number of anilines is 1. The normalized spacial score (nSPS) is 10.7. The number of aromatic nitrogens is 5. The quantitative estimate of drug-likeness (QED) is 0.345. The van der Waals surface area contributed by atoms with Crippen LogP contribution in [0.15, 0.2) is 73.3 Å². The highest BCUT2D eigenvalue weighted by atomic mass is 19.1. The number of halogens is 1. The number of nitrogens with one attached hydrogen (secondary N) is 1. The summed E-state index contributed by atoms with van der Waals surface area (Å²) in [5, 5.41) is 3.02. The summed E-state index contributed by atoms with van der Waals surface area (Å²) in [4.78, 5) is 25.2. The molecule has 0 spiro atoms. The van der Waals surface area contributed by atoms with Crippen molar-refractivity contribution in [2.45, 2.75) is 13.5 Å². The zero-order valence-corrected chi connectivity index (χ0v) is 18.2. The molecule has 0 aliphatic rings. The minimum Gasteiger partial charge on any atom is -0.364 e. The Bertz CT molecular complexity index is 1560. The Labute approximate surface area is 195 Å². The Balaban J connectivity index is 1.40. The summed E-state index contributed by atoms with van der Waals surface area (Å²) in [6.45, 7) is 9.71. The Morgan fingerprint density at radius 1 is 0.941 bits per heavy atom. The first-order chi connectivity index (χ1) is 16.6. The molecule has 8 heteroatoms. The predicted molar refractivity (Wildman–Crippen MR) is 129 cm³/mol. The fourth-order valence-electron chi connectivity index (χ4n) is 3.65. The summed E-state index contributed by atoms with van der Waals surface area (Å²) >= 11 is 0. The average molecular weight is 447 g/mol. The van der Waals surface area contributed by atoms with Crippen molar-refractivity contribution >= 4 is 22.5 Å². The number of hydrogen-bond acceptors (Lipinski definition) is 6. The van der Waals surface area contributed by atoms with E-state index in [0.717, 1.165) is 22.3 Å². The third kappa shape index (κ3) is 4.14. The molecule has 7 nitrogen and oxygen atoms in total. The molecule has 0 aliphatic carbocycles. The molecular formula is C26H18FN7. The maximum atomic E-state index is 15.3. The van der Waals surface area contributed by atoms with Gasteiger partial charge in [0.15, 0.2) is 11.6 Å². The second-order valence-electron chi connectivity index (χ2n) is 7.62. The smallest absolute Gasteiger partial charge is 0.213 e. The van der Waals surface area contributed by atoms with Crippen molar-refractivity contribution < 1.29 is 4.39 Å². The van der Waals surface area contributed by atoms with E-state index in [1.807, 2.05) is 31.2 Å². The van der Waals surface area contributed by atoms with Crippen LogP contribution in [0.4, 0.5) is 15.9 Å². The molecule has 0 saturated carbocycles. The van der Waals surface area contributed by atoms with Crippen molar-refractivity contribution in [3.05, 3.63) is 102 Å². The third-order valence-electron chi connectivity index (χ3n) is 5.30. The van der Waals surface area contributed by atoms with Gasteiger partial charge in [-0.2, -0.15) is 0 Å². The van der Waals surface area contributed by atoms with Crippen LogP contribution in [-0.4, -0.2) is 24.9 Å². The molecule has 0 fully saturated rings. The summed E-state index contributed by atoms with van der Waals surface area (Å²) in [5.74, 6) is -0.399. The molecule has 164 valence electrons. The van der Waals surface area contributed by atoms with Crippen molar-refractivity contribution in [1.29, 1.82) is 0 Å². The van der Waals surface area contributed by atoms with Crippen molar-refractivity contribution in [2.24, 2.45) is 0 Å². The van der Waals surface area contributed by atoms with Gasteiger partial charge in [-0.1, -0.05) is 0 Å². The number of hydrogen-bond donors (Lipinski definition) is 1. The van der Waals surface area contributed by atoms with Crippen LogP contribution in [0.1, 0.15) is 11.3 Å². The SMILES string of the molecule is [C-]#[N+]c1cc(CNc2nccc(-c3ccc4ncccc4n3)c2F)cnc1-c1ccnc(C)c1. The number of fused-ring (bicyclic) bond motifs is 1. The van der Waals surface area contributed by atoms with Crippen LogP contribution < -0.4 is 5.32 Å². The molecule has 5 rings (SSSR count).